The van der Waals surface area contributed by atoms with Crippen LogP contribution in [0.25, 0.3) is 10.8 Å². The Bertz CT molecular complexity index is 943. The second-order valence-corrected chi connectivity index (χ2v) is 11.2. The summed E-state index contributed by atoms with van der Waals surface area (Å²) in [7, 11) is -5.88. The molecule has 1 fully saturated rings. The van der Waals surface area contributed by atoms with Gasteiger partial charge in [0.1, 0.15) is 23.7 Å². The third kappa shape index (κ3) is 8.43. The summed E-state index contributed by atoms with van der Waals surface area (Å²) in [6.45, 7) is 6.16. The van der Waals surface area contributed by atoms with Crippen LogP contribution < -0.4 is 0 Å². The van der Waals surface area contributed by atoms with E-state index in [1.54, 1.807) is 0 Å². The topological polar surface area (TPSA) is 75.7 Å². The Morgan fingerprint density at radius 1 is 0.939 bits per heavy atom. The van der Waals surface area contributed by atoms with Crippen LogP contribution in [0.15, 0.2) is 47.4 Å². The first kappa shape index (κ1) is 27.9. The fraction of sp³-hybridized carbons (Fsp3) is 0.565. The average molecular weight is 509 g/mol. The summed E-state index contributed by atoms with van der Waals surface area (Å²) in [5.74, 6) is 2.21. The minimum atomic E-state index is -6.09. The molecule has 33 heavy (non-hydrogen) atoms. The summed E-state index contributed by atoms with van der Waals surface area (Å²) >= 11 is 0. The van der Waals surface area contributed by atoms with Gasteiger partial charge in [-0.15, -0.1) is 0 Å². The third-order valence-electron chi connectivity index (χ3n) is 5.15. The fourth-order valence-corrected chi connectivity index (χ4v) is 6.05. The summed E-state index contributed by atoms with van der Waals surface area (Å²) in [5, 5.41) is 2.74. The highest BCUT2D eigenvalue weighted by atomic mass is 32.2. The second-order valence-electron chi connectivity index (χ2n) is 7.73. The lowest BCUT2D eigenvalue weighted by Crippen LogP contribution is -2.30. The largest absolute Gasteiger partial charge is 0.741 e. The molecule has 0 aromatic heterocycles. The maximum absolute atomic E-state index is 10.7. The van der Waals surface area contributed by atoms with Crippen molar-refractivity contribution in [1.29, 1.82) is 0 Å². The minimum Gasteiger partial charge on any atom is -0.741 e. The van der Waals surface area contributed by atoms with E-state index in [0.717, 1.165) is 37.6 Å². The maximum atomic E-state index is 10.7. The van der Waals surface area contributed by atoms with E-state index in [1.165, 1.54) is 28.5 Å². The van der Waals surface area contributed by atoms with Gasteiger partial charge in [0.05, 0.1) is 0 Å². The van der Waals surface area contributed by atoms with Gasteiger partial charge in [0.2, 0.25) is 0 Å². The van der Waals surface area contributed by atoms with Gasteiger partial charge >= 0.3 is 5.51 Å². The zero-order valence-corrected chi connectivity index (χ0v) is 20.5. The van der Waals surface area contributed by atoms with Crippen LogP contribution in [0.4, 0.5) is 13.2 Å². The summed E-state index contributed by atoms with van der Waals surface area (Å²) in [5.41, 5.74) is -5.65. The molecular weight excluding hydrogens is 477 g/mol. The van der Waals surface area contributed by atoms with Gasteiger partial charge in [-0.1, -0.05) is 57.0 Å². The van der Waals surface area contributed by atoms with Crippen molar-refractivity contribution < 1.29 is 35.6 Å². The van der Waals surface area contributed by atoms with Crippen molar-refractivity contribution in [2.45, 2.75) is 62.1 Å². The smallest absolute Gasteiger partial charge is 0.485 e. The zero-order valence-electron chi connectivity index (χ0n) is 18.8. The molecule has 1 heterocycles. The Hall–Kier alpha value is -1.33. The van der Waals surface area contributed by atoms with Crippen molar-refractivity contribution in [2.24, 2.45) is 0 Å². The molecule has 0 bridgehead atoms. The lowest BCUT2D eigenvalue weighted by atomic mass is 10.1. The Balaban J connectivity index is 0.000000414. The molecule has 1 saturated heterocycles. The number of benzene rings is 2. The van der Waals surface area contributed by atoms with Crippen LogP contribution >= 0.6 is 0 Å². The molecule has 1 aliphatic heterocycles. The van der Waals surface area contributed by atoms with Crippen molar-refractivity contribution in [2.75, 3.05) is 24.7 Å². The first-order chi connectivity index (χ1) is 15.6. The Morgan fingerprint density at radius 3 is 1.91 bits per heavy atom. The first-order valence-electron chi connectivity index (χ1n) is 11.0. The second kappa shape index (κ2) is 12.9. The van der Waals surface area contributed by atoms with Gasteiger partial charge < -0.3 is 14.0 Å². The van der Waals surface area contributed by atoms with Gasteiger partial charge in [0.25, 0.3) is 0 Å². The summed E-state index contributed by atoms with van der Waals surface area (Å²) in [6.07, 6.45) is 5.16. The molecule has 0 radical (unpaired) electrons. The van der Waals surface area contributed by atoms with Gasteiger partial charge in [-0.2, -0.15) is 13.2 Å². The number of halogens is 3. The highest BCUT2D eigenvalue weighted by molar-refractivity contribution is 7.97. The molecule has 10 heteroatoms. The Kier molecular flexibility index (Phi) is 10.9. The molecule has 3 rings (SSSR count). The van der Waals surface area contributed by atoms with Crippen molar-refractivity contribution in [3.05, 3.63) is 42.5 Å². The number of rotatable bonds is 9. The van der Waals surface area contributed by atoms with Crippen LogP contribution in [0.1, 0.15) is 39.5 Å². The number of unbranched alkanes of at least 4 members (excludes halogenated alkanes) is 2. The molecule has 2 aromatic carbocycles. The fourth-order valence-electron chi connectivity index (χ4n) is 3.38. The number of ether oxygens (including phenoxy) is 2. The van der Waals surface area contributed by atoms with Crippen molar-refractivity contribution >= 4 is 31.8 Å². The molecule has 0 spiro atoms. The van der Waals surface area contributed by atoms with E-state index < -0.39 is 15.6 Å². The van der Waals surface area contributed by atoms with Crippen LogP contribution in [-0.2, 0) is 30.5 Å². The molecule has 0 saturated carbocycles. The SMILES string of the molecule is CCCCOC1C[S+](c2cccc3ccccc23)CC1OCCCC.O=S(=O)([O-])C(F)(F)F. The van der Waals surface area contributed by atoms with Crippen molar-refractivity contribution in [1.82, 2.24) is 0 Å². The predicted octanol–water partition coefficient (Wildman–Crippen LogP) is 5.25. The standard InChI is InChI=1S/C22H31O2S.CHF3O3S/c1-3-5-14-23-20-16-25(17-21(20)24-15-6-4-2)22-13-9-11-18-10-7-8-12-19(18)22;2-1(3,4)8(5,6)7/h7-13,20-21H,3-6,14-17H2,1-2H3;(H,5,6,7)/q+1;/p-1. The summed E-state index contributed by atoms with van der Waals surface area (Å²) < 4.78 is 71.4. The van der Waals surface area contributed by atoms with Crippen LogP contribution in [0.2, 0.25) is 0 Å². The van der Waals surface area contributed by atoms with E-state index in [1.807, 2.05) is 0 Å². The van der Waals surface area contributed by atoms with Crippen LogP contribution in [0.5, 0.6) is 0 Å². The Morgan fingerprint density at radius 2 is 1.42 bits per heavy atom. The van der Waals surface area contributed by atoms with Gasteiger partial charge in [0, 0.05) is 29.5 Å². The van der Waals surface area contributed by atoms with Gasteiger partial charge in [-0.05, 0) is 30.4 Å². The lowest BCUT2D eigenvalue weighted by Gasteiger charge is -2.17. The quantitative estimate of drug-likeness (QED) is 0.200. The van der Waals surface area contributed by atoms with Crippen LogP contribution in [0.3, 0.4) is 0 Å². The molecule has 0 aliphatic carbocycles. The highest BCUT2D eigenvalue weighted by Crippen LogP contribution is 2.32. The molecule has 0 amide bonds. The summed E-state index contributed by atoms with van der Waals surface area (Å²) in [6, 6.07) is 15.5. The van der Waals surface area contributed by atoms with E-state index in [4.69, 9.17) is 22.4 Å². The van der Waals surface area contributed by atoms with Crippen LogP contribution in [0, 0.1) is 0 Å². The van der Waals surface area contributed by atoms with E-state index in [9.17, 15) is 13.2 Å². The molecule has 2 atom stereocenters. The lowest BCUT2D eigenvalue weighted by molar-refractivity contribution is -0.0517. The number of hydrogen-bond donors (Lipinski definition) is 0. The third-order valence-corrected chi connectivity index (χ3v) is 8.16. The van der Waals surface area contributed by atoms with Crippen molar-refractivity contribution in [3.8, 4) is 0 Å². The van der Waals surface area contributed by atoms with Gasteiger partial charge in [-0.25, -0.2) is 8.42 Å². The molecular formula is C23H31F3O5S2. The maximum Gasteiger partial charge on any atom is 0.485 e. The van der Waals surface area contributed by atoms with Gasteiger partial charge in [-0.3, -0.25) is 0 Å². The van der Waals surface area contributed by atoms with Crippen molar-refractivity contribution in [3.63, 3.8) is 0 Å². The van der Waals surface area contributed by atoms with Crippen LogP contribution in [-0.4, -0.2) is 55.4 Å². The normalized spacial score (nSPS) is 21.1. The minimum absolute atomic E-state index is 0.214. The number of fused-ring (bicyclic) bond motifs is 1. The van der Waals surface area contributed by atoms with Gasteiger partial charge in [0.15, 0.2) is 15.0 Å². The van der Waals surface area contributed by atoms with E-state index in [2.05, 4.69) is 56.3 Å². The summed E-state index contributed by atoms with van der Waals surface area (Å²) in [4.78, 5) is 1.49. The number of hydrogen-bond acceptors (Lipinski definition) is 5. The predicted molar refractivity (Wildman–Crippen MR) is 124 cm³/mol. The van der Waals surface area contributed by atoms with E-state index in [0.29, 0.717) is 0 Å². The molecule has 5 nitrogen and oxygen atoms in total. The monoisotopic (exact) mass is 508 g/mol. The molecule has 0 N–H and O–H groups in total. The first-order valence-corrected chi connectivity index (χ1v) is 14.0. The van der Waals surface area contributed by atoms with E-state index in [-0.39, 0.29) is 23.1 Å². The highest BCUT2D eigenvalue weighted by Gasteiger charge is 2.45. The zero-order chi connectivity index (χ0) is 24.5. The van der Waals surface area contributed by atoms with E-state index >= 15 is 0 Å². The Labute approximate surface area is 196 Å². The molecule has 2 unspecified atom stereocenters. The molecule has 1 aliphatic rings. The number of alkyl halides is 3. The molecule has 186 valence electrons. The molecule has 2 aromatic rings. The average Bonchev–Trinajstić information content (AvgIpc) is 3.15.